The lowest BCUT2D eigenvalue weighted by molar-refractivity contribution is -0.122. The van der Waals surface area contributed by atoms with Gasteiger partial charge in [-0.3, -0.25) is 9.69 Å². The third kappa shape index (κ3) is 3.39. The highest BCUT2D eigenvalue weighted by molar-refractivity contribution is 5.78. The van der Waals surface area contributed by atoms with E-state index < -0.39 is 0 Å². The van der Waals surface area contributed by atoms with Crippen LogP contribution in [0, 0.1) is 5.92 Å². The molecule has 1 saturated heterocycles. The molecule has 0 aliphatic carbocycles. The summed E-state index contributed by atoms with van der Waals surface area (Å²) in [5, 5.41) is 0. The molecule has 0 amide bonds. The predicted molar refractivity (Wildman–Crippen MR) is 56.3 cm³/mol. The van der Waals surface area contributed by atoms with E-state index in [4.69, 9.17) is 4.74 Å². The number of ketones is 1. The van der Waals surface area contributed by atoms with E-state index in [0.717, 1.165) is 19.6 Å². The second kappa shape index (κ2) is 4.89. The van der Waals surface area contributed by atoms with Crippen molar-refractivity contribution >= 4 is 5.78 Å². The maximum absolute atomic E-state index is 11.1. The van der Waals surface area contributed by atoms with E-state index in [2.05, 4.69) is 18.7 Å². The molecule has 1 rings (SSSR count). The Balaban J connectivity index is 2.40. The third-order valence-corrected chi connectivity index (χ3v) is 2.72. The number of morpholine rings is 1. The molecule has 1 aliphatic heterocycles. The van der Waals surface area contributed by atoms with Crippen LogP contribution in [0.3, 0.4) is 0 Å². The van der Waals surface area contributed by atoms with Crippen LogP contribution >= 0.6 is 0 Å². The Morgan fingerprint density at radius 1 is 1.43 bits per heavy atom. The Morgan fingerprint density at radius 3 is 2.36 bits per heavy atom. The molecule has 3 nitrogen and oxygen atoms in total. The number of carbonyl (C=O) groups excluding carboxylic acids is 1. The number of nitrogens with zero attached hydrogens (tertiary/aromatic N) is 1. The van der Waals surface area contributed by atoms with Gasteiger partial charge in [0.1, 0.15) is 5.78 Å². The summed E-state index contributed by atoms with van der Waals surface area (Å²) in [7, 11) is 0. The minimum absolute atomic E-state index is 0.146. The molecule has 3 heteroatoms. The van der Waals surface area contributed by atoms with E-state index in [1.165, 1.54) is 0 Å². The topological polar surface area (TPSA) is 29.5 Å². The van der Waals surface area contributed by atoms with Crippen molar-refractivity contribution in [2.45, 2.75) is 39.9 Å². The van der Waals surface area contributed by atoms with Crippen LogP contribution in [-0.4, -0.2) is 42.5 Å². The monoisotopic (exact) mass is 199 g/mol. The van der Waals surface area contributed by atoms with Crippen LogP contribution in [0.1, 0.15) is 27.7 Å². The van der Waals surface area contributed by atoms with E-state index in [1.54, 1.807) is 6.92 Å². The maximum Gasteiger partial charge on any atom is 0.133 e. The van der Waals surface area contributed by atoms with Gasteiger partial charge < -0.3 is 4.74 Å². The molecule has 0 saturated carbocycles. The molecule has 1 aliphatic rings. The van der Waals surface area contributed by atoms with Crippen molar-refractivity contribution in [3.8, 4) is 0 Å². The minimum Gasteiger partial charge on any atom is -0.373 e. The number of hydrogen-bond acceptors (Lipinski definition) is 3. The fourth-order valence-electron chi connectivity index (χ4n) is 1.95. The predicted octanol–water partition coefficient (Wildman–Crippen LogP) is 1.32. The van der Waals surface area contributed by atoms with E-state index in [1.807, 2.05) is 6.92 Å². The Morgan fingerprint density at radius 2 is 1.93 bits per heavy atom. The normalized spacial score (nSPS) is 31.4. The van der Waals surface area contributed by atoms with Crippen LogP contribution in [0.25, 0.3) is 0 Å². The highest BCUT2D eigenvalue weighted by atomic mass is 16.5. The highest BCUT2D eigenvalue weighted by Crippen LogP contribution is 2.12. The molecule has 1 fully saturated rings. The molecule has 0 N–H and O–H groups in total. The summed E-state index contributed by atoms with van der Waals surface area (Å²) in [4.78, 5) is 13.4. The van der Waals surface area contributed by atoms with Gasteiger partial charge in [-0.05, 0) is 20.8 Å². The molecule has 0 bridgehead atoms. The van der Waals surface area contributed by atoms with Crippen molar-refractivity contribution in [3.05, 3.63) is 0 Å². The Bertz CT molecular complexity index is 195. The van der Waals surface area contributed by atoms with E-state index >= 15 is 0 Å². The van der Waals surface area contributed by atoms with Crippen LogP contribution in [-0.2, 0) is 9.53 Å². The number of rotatable bonds is 3. The Kier molecular flexibility index (Phi) is 4.08. The largest absolute Gasteiger partial charge is 0.373 e. The summed E-state index contributed by atoms with van der Waals surface area (Å²) in [5.74, 6) is 0.421. The van der Waals surface area contributed by atoms with Gasteiger partial charge in [-0.1, -0.05) is 6.92 Å². The lowest BCUT2D eigenvalue weighted by atomic mass is 10.1. The molecule has 3 atom stereocenters. The second-order valence-electron chi connectivity index (χ2n) is 4.49. The molecule has 3 unspecified atom stereocenters. The minimum atomic E-state index is 0.146. The van der Waals surface area contributed by atoms with Gasteiger partial charge in [0.25, 0.3) is 0 Å². The SMILES string of the molecule is CC(=O)C(C)CN1CC(C)OC(C)C1. The van der Waals surface area contributed by atoms with Gasteiger partial charge in [0.2, 0.25) is 0 Å². The standard InChI is InChI=1S/C11H21NO2/c1-8(11(4)13)5-12-6-9(2)14-10(3)7-12/h8-10H,5-7H2,1-4H3. The molecule has 0 aromatic rings. The van der Waals surface area contributed by atoms with E-state index in [9.17, 15) is 4.79 Å². The van der Waals surface area contributed by atoms with Crippen LogP contribution in [0.4, 0.5) is 0 Å². The van der Waals surface area contributed by atoms with Gasteiger partial charge in [0.15, 0.2) is 0 Å². The summed E-state index contributed by atoms with van der Waals surface area (Å²) in [6.07, 6.45) is 0.579. The molecular formula is C11H21NO2. The average Bonchev–Trinajstić information content (AvgIpc) is 2.01. The molecule has 0 radical (unpaired) electrons. The molecule has 82 valence electrons. The van der Waals surface area contributed by atoms with E-state index in [0.29, 0.717) is 0 Å². The van der Waals surface area contributed by atoms with Gasteiger partial charge in [0.05, 0.1) is 12.2 Å². The lowest BCUT2D eigenvalue weighted by Gasteiger charge is -2.36. The molecule has 0 spiro atoms. The number of carbonyl (C=O) groups is 1. The summed E-state index contributed by atoms with van der Waals surface area (Å²) in [6.45, 7) is 10.6. The third-order valence-electron chi connectivity index (χ3n) is 2.72. The van der Waals surface area contributed by atoms with Crippen molar-refractivity contribution in [2.24, 2.45) is 5.92 Å². The number of ether oxygens (including phenoxy) is 1. The first-order valence-corrected chi connectivity index (χ1v) is 5.37. The zero-order valence-electron chi connectivity index (χ0n) is 9.62. The van der Waals surface area contributed by atoms with Gasteiger partial charge in [0, 0.05) is 25.6 Å². The highest BCUT2D eigenvalue weighted by Gasteiger charge is 2.23. The maximum atomic E-state index is 11.1. The summed E-state index contributed by atoms with van der Waals surface area (Å²) in [6, 6.07) is 0. The first-order chi connectivity index (χ1) is 6.49. The average molecular weight is 199 g/mol. The molecule has 1 heterocycles. The molecular weight excluding hydrogens is 178 g/mol. The van der Waals surface area contributed by atoms with Crippen molar-refractivity contribution in [3.63, 3.8) is 0 Å². The van der Waals surface area contributed by atoms with Crippen LogP contribution in [0.15, 0.2) is 0 Å². The zero-order chi connectivity index (χ0) is 10.7. The first-order valence-electron chi connectivity index (χ1n) is 5.37. The van der Waals surface area contributed by atoms with Crippen molar-refractivity contribution in [1.82, 2.24) is 4.90 Å². The Hall–Kier alpha value is -0.410. The zero-order valence-corrected chi connectivity index (χ0v) is 9.62. The summed E-state index contributed by atoms with van der Waals surface area (Å²) >= 11 is 0. The van der Waals surface area contributed by atoms with Crippen LogP contribution < -0.4 is 0 Å². The van der Waals surface area contributed by atoms with Crippen molar-refractivity contribution in [2.75, 3.05) is 19.6 Å². The van der Waals surface area contributed by atoms with Crippen LogP contribution in [0.2, 0.25) is 0 Å². The van der Waals surface area contributed by atoms with Crippen LogP contribution in [0.5, 0.6) is 0 Å². The van der Waals surface area contributed by atoms with Gasteiger partial charge in [-0.15, -0.1) is 0 Å². The quantitative estimate of drug-likeness (QED) is 0.686. The number of hydrogen-bond donors (Lipinski definition) is 0. The fraction of sp³-hybridized carbons (Fsp3) is 0.909. The second-order valence-corrected chi connectivity index (χ2v) is 4.49. The smallest absolute Gasteiger partial charge is 0.133 e. The van der Waals surface area contributed by atoms with Crippen molar-refractivity contribution in [1.29, 1.82) is 0 Å². The van der Waals surface area contributed by atoms with Gasteiger partial charge >= 0.3 is 0 Å². The van der Waals surface area contributed by atoms with Gasteiger partial charge in [-0.25, -0.2) is 0 Å². The fourth-order valence-corrected chi connectivity index (χ4v) is 1.95. The van der Waals surface area contributed by atoms with E-state index in [-0.39, 0.29) is 23.9 Å². The molecule has 0 aromatic heterocycles. The van der Waals surface area contributed by atoms with Gasteiger partial charge in [-0.2, -0.15) is 0 Å². The number of Topliss-reactive ketones (excluding diaryl/α,β-unsaturated/α-hetero) is 1. The summed E-state index contributed by atoms with van der Waals surface area (Å²) < 4.78 is 5.63. The van der Waals surface area contributed by atoms with Crippen molar-refractivity contribution < 1.29 is 9.53 Å². The lowest BCUT2D eigenvalue weighted by Crippen LogP contribution is -2.47. The first kappa shape index (κ1) is 11.7. The Labute approximate surface area is 86.4 Å². The summed E-state index contributed by atoms with van der Waals surface area (Å²) in [5.41, 5.74) is 0. The molecule has 14 heavy (non-hydrogen) atoms. The molecule has 0 aromatic carbocycles.